The minimum atomic E-state index is -0.124. The van der Waals surface area contributed by atoms with Gasteiger partial charge in [0.15, 0.2) is 5.78 Å². The van der Waals surface area contributed by atoms with E-state index in [4.69, 9.17) is 5.11 Å². The zero-order valence-electron chi connectivity index (χ0n) is 11.6. The van der Waals surface area contributed by atoms with Gasteiger partial charge < -0.3 is 15.3 Å². The lowest BCUT2D eigenvalue weighted by Crippen LogP contribution is -2.33. The summed E-state index contributed by atoms with van der Waals surface area (Å²) < 4.78 is 0. The van der Waals surface area contributed by atoms with Crippen molar-refractivity contribution >= 4 is 17.5 Å². The van der Waals surface area contributed by atoms with Gasteiger partial charge in [-0.15, -0.1) is 0 Å². The number of nitrogens with zero attached hydrogens (tertiary/aromatic N) is 1. The minimum absolute atomic E-state index is 0.00858. The third kappa shape index (κ3) is 3.57. The van der Waals surface area contributed by atoms with Crippen LogP contribution >= 0.6 is 0 Å². The molecule has 108 valence electrons. The molecule has 2 amide bonds. The van der Waals surface area contributed by atoms with E-state index < -0.39 is 0 Å². The van der Waals surface area contributed by atoms with Crippen molar-refractivity contribution in [1.82, 2.24) is 4.90 Å². The monoisotopic (exact) mass is 276 g/mol. The molecule has 1 aliphatic heterocycles. The molecule has 0 saturated carbocycles. The Morgan fingerprint density at radius 2 is 2.05 bits per heavy atom. The van der Waals surface area contributed by atoms with Gasteiger partial charge in [-0.3, -0.25) is 4.79 Å². The van der Waals surface area contributed by atoms with E-state index in [1.54, 1.807) is 29.2 Å². The van der Waals surface area contributed by atoms with Crippen LogP contribution in [-0.2, 0) is 0 Å². The summed E-state index contributed by atoms with van der Waals surface area (Å²) in [6, 6.07) is 6.75. The van der Waals surface area contributed by atoms with E-state index in [0.29, 0.717) is 23.7 Å². The Hall–Kier alpha value is -1.88. The summed E-state index contributed by atoms with van der Waals surface area (Å²) in [4.78, 5) is 25.0. The first-order valence-electron chi connectivity index (χ1n) is 6.88. The fourth-order valence-corrected chi connectivity index (χ4v) is 2.43. The van der Waals surface area contributed by atoms with E-state index in [1.807, 2.05) is 0 Å². The number of carbonyl (C=O) groups is 2. The molecule has 2 rings (SSSR count). The number of amides is 2. The van der Waals surface area contributed by atoms with E-state index in [9.17, 15) is 9.59 Å². The van der Waals surface area contributed by atoms with Crippen LogP contribution in [0, 0.1) is 5.92 Å². The molecular formula is C15H20N2O3. The molecule has 1 aromatic carbocycles. The van der Waals surface area contributed by atoms with Gasteiger partial charge in [0.05, 0.1) is 0 Å². The van der Waals surface area contributed by atoms with Gasteiger partial charge in [0, 0.05) is 30.9 Å². The van der Waals surface area contributed by atoms with Gasteiger partial charge in [-0.2, -0.15) is 0 Å². The third-order valence-electron chi connectivity index (χ3n) is 3.65. The third-order valence-corrected chi connectivity index (χ3v) is 3.65. The molecule has 1 aliphatic rings. The van der Waals surface area contributed by atoms with E-state index in [2.05, 4.69) is 5.32 Å². The topological polar surface area (TPSA) is 69.6 Å². The number of benzene rings is 1. The standard InChI is InChI=1S/C15H20N2O3/c1-11(19)13-2-4-14(5-3-13)16-15(20)17-8-6-12(10-17)7-9-18/h2-5,12,18H,6-10H2,1H3,(H,16,20). The fraction of sp³-hybridized carbons (Fsp3) is 0.467. The molecule has 1 saturated heterocycles. The van der Waals surface area contributed by atoms with Crippen LogP contribution in [0.1, 0.15) is 30.1 Å². The normalized spacial score (nSPS) is 18.1. The minimum Gasteiger partial charge on any atom is -0.396 e. The fourth-order valence-electron chi connectivity index (χ4n) is 2.43. The van der Waals surface area contributed by atoms with E-state index in [0.717, 1.165) is 19.4 Å². The molecule has 5 nitrogen and oxygen atoms in total. The lowest BCUT2D eigenvalue weighted by Gasteiger charge is -2.17. The number of hydrogen-bond acceptors (Lipinski definition) is 3. The number of urea groups is 1. The van der Waals surface area contributed by atoms with Crippen molar-refractivity contribution in [2.24, 2.45) is 5.92 Å². The molecule has 0 aromatic heterocycles. The van der Waals surface area contributed by atoms with E-state index in [-0.39, 0.29) is 18.4 Å². The molecule has 1 aromatic rings. The molecule has 20 heavy (non-hydrogen) atoms. The number of aliphatic hydroxyl groups is 1. The molecule has 1 unspecified atom stereocenters. The van der Waals surface area contributed by atoms with Crippen molar-refractivity contribution in [3.05, 3.63) is 29.8 Å². The van der Waals surface area contributed by atoms with Gasteiger partial charge in [-0.25, -0.2) is 4.79 Å². The van der Waals surface area contributed by atoms with Crippen LogP contribution in [0.15, 0.2) is 24.3 Å². The van der Waals surface area contributed by atoms with Crippen LogP contribution in [0.2, 0.25) is 0 Å². The smallest absolute Gasteiger partial charge is 0.321 e. The van der Waals surface area contributed by atoms with Gasteiger partial charge >= 0.3 is 6.03 Å². The van der Waals surface area contributed by atoms with Crippen molar-refractivity contribution < 1.29 is 14.7 Å². The lowest BCUT2D eigenvalue weighted by molar-refractivity contribution is 0.101. The van der Waals surface area contributed by atoms with Gasteiger partial charge in [0.1, 0.15) is 0 Å². The number of aliphatic hydroxyl groups excluding tert-OH is 1. The van der Waals surface area contributed by atoms with E-state index in [1.165, 1.54) is 6.92 Å². The van der Waals surface area contributed by atoms with Crippen molar-refractivity contribution in [2.75, 3.05) is 25.0 Å². The van der Waals surface area contributed by atoms with Crippen LogP contribution in [0.4, 0.5) is 10.5 Å². The van der Waals surface area contributed by atoms with Crippen LogP contribution in [0.5, 0.6) is 0 Å². The summed E-state index contributed by atoms with van der Waals surface area (Å²) in [5.41, 5.74) is 1.32. The summed E-state index contributed by atoms with van der Waals surface area (Å²) >= 11 is 0. The summed E-state index contributed by atoms with van der Waals surface area (Å²) in [5.74, 6) is 0.403. The number of anilines is 1. The molecule has 5 heteroatoms. The van der Waals surface area contributed by atoms with Crippen LogP contribution < -0.4 is 5.32 Å². The lowest BCUT2D eigenvalue weighted by atomic mass is 10.1. The number of hydrogen-bond donors (Lipinski definition) is 2. The van der Waals surface area contributed by atoms with Gasteiger partial charge in [-0.05, 0) is 49.9 Å². The SMILES string of the molecule is CC(=O)c1ccc(NC(=O)N2CCC(CCO)C2)cc1. The molecular weight excluding hydrogens is 256 g/mol. The van der Waals surface area contributed by atoms with E-state index >= 15 is 0 Å². The first-order chi connectivity index (χ1) is 9.60. The van der Waals surface area contributed by atoms with Gasteiger partial charge in [0.2, 0.25) is 0 Å². The Balaban J connectivity index is 1.90. The molecule has 0 radical (unpaired) electrons. The Bertz CT molecular complexity index is 484. The average Bonchev–Trinajstić information content (AvgIpc) is 2.88. The van der Waals surface area contributed by atoms with Crippen molar-refractivity contribution in [3.63, 3.8) is 0 Å². The summed E-state index contributed by atoms with van der Waals surface area (Å²) in [5, 5.41) is 11.7. The highest BCUT2D eigenvalue weighted by Crippen LogP contribution is 2.20. The van der Waals surface area contributed by atoms with Crippen molar-refractivity contribution in [1.29, 1.82) is 0 Å². The highest BCUT2D eigenvalue weighted by molar-refractivity contribution is 5.95. The maximum Gasteiger partial charge on any atom is 0.321 e. The van der Waals surface area contributed by atoms with Gasteiger partial charge in [-0.1, -0.05) is 0 Å². The molecule has 1 fully saturated rings. The molecule has 0 bridgehead atoms. The Kier molecular flexibility index (Phi) is 4.74. The predicted molar refractivity (Wildman–Crippen MR) is 76.8 cm³/mol. The van der Waals surface area contributed by atoms with Crippen molar-refractivity contribution in [3.8, 4) is 0 Å². The first kappa shape index (κ1) is 14.5. The number of ketones is 1. The summed E-state index contributed by atoms with van der Waals surface area (Å²) in [6.07, 6.45) is 1.69. The number of rotatable bonds is 4. The second kappa shape index (κ2) is 6.52. The van der Waals surface area contributed by atoms with Crippen LogP contribution in [0.3, 0.4) is 0 Å². The molecule has 0 spiro atoms. The second-order valence-electron chi connectivity index (χ2n) is 5.18. The molecule has 2 N–H and O–H groups in total. The largest absolute Gasteiger partial charge is 0.396 e. The zero-order chi connectivity index (χ0) is 14.5. The maximum absolute atomic E-state index is 12.1. The highest BCUT2D eigenvalue weighted by Gasteiger charge is 2.25. The molecule has 0 aliphatic carbocycles. The van der Waals surface area contributed by atoms with Gasteiger partial charge in [0.25, 0.3) is 0 Å². The Morgan fingerprint density at radius 3 is 2.65 bits per heavy atom. The highest BCUT2D eigenvalue weighted by atomic mass is 16.3. The predicted octanol–water partition coefficient (Wildman–Crippen LogP) is 2.13. The van der Waals surface area contributed by atoms with Crippen LogP contribution in [-0.4, -0.2) is 41.5 Å². The summed E-state index contributed by atoms with van der Waals surface area (Å²) in [7, 11) is 0. The Morgan fingerprint density at radius 1 is 1.35 bits per heavy atom. The number of carbonyl (C=O) groups excluding carboxylic acids is 2. The maximum atomic E-state index is 12.1. The molecule has 1 heterocycles. The van der Waals surface area contributed by atoms with Crippen LogP contribution in [0.25, 0.3) is 0 Å². The number of Topliss-reactive ketones (excluding diaryl/α,β-unsaturated/α-hetero) is 1. The first-order valence-corrected chi connectivity index (χ1v) is 6.88. The number of nitrogens with one attached hydrogen (secondary N) is 1. The zero-order valence-corrected chi connectivity index (χ0v) is 11.6. The quantitative estimate of drug-likeness (QED) is 0.828. The molecule has 1 atom stereocenters. The van der Waals surface area contributed by atoms with Crippen molar-refractivity contribution in [2.45, 2.75) is 19.8 Å². The summed E-state index contributed by atoms with van der Waals surface area (Å²) in [6.45, 7) is 3.10. The number of likely N-dealkylation sites (tertiary alicyclic amines) is 1. The average molecular weight is 276 g/mol. The second-order valence-corrected chi connectivity index (χ2v) is 5.18. The Labute approximate surface area is 118 Å².